The second kappa shape index (κ2) is 4.63. The zero-order chi connectivity index (χ0) is 13.1. The molecule has 1 aromatic heterocycles. The van der Waals surface area contributed by atoms with Crippen molar-refractivity contribution in [2.24, 2.45) is 0 Å². The number of fused-ring (bicyclic) bond motifs is 1. The molecule has 0 aliphatic rings. The summed E-state index contributed by atoms with van der Waals surface area (Å²) in [5.74, 6) is 2.44. The van der Waals surface area contributed by atoms with E-state index in [1.165, 1.54) is 13.2 Å². The van der Waals surface area contributed by atoms with E-state index in [0.29, 0.717) is 16.5 Å². The molecule has 0 saturated heterocycles. The zero-order valence-corrected chi connectivity index (χ0v) is 9.52. The number of anilines is 1. The number of benzene rings is 1. The lowest BCUT2D eigenvalue weighted by atomic mass is 10.1. The number of methoxy groups -OCH3 is 1. The average Bonchev–Trinajstić information content (AvgIpc) is 2.38. The van der Waals surface area contributed by atoms with Gasteiger partial charge in [-0.1, -0.05) is 5.92 Å². The first-order valence-electron chi connectivity index (χ1n) is 5.03. The van der Waals surface area contributed by atoms with Crippen LogP contribution in [-0.4, -0.2) is 13.2 Å². The number of amides is 1. The lowest BCUT2D eigenvalue weighted by Crippen LogP contribution is -2.17. The molecule has 1 heterocycles. The largest absolute Gasteiger partial charge is 0.453 e. The first-order chi connectivity index (χ1) is 8.63. The Labute approximate surface area is 102 Å². The second-order valence-electron chi connectivity index (χ2n) is 3.46. The van der Waals surface area contributed by atoms with E-state index in [0.717, 1.165) is 0 Å². The third-order valence-electron chi connectivity index (χ3n) is 2.32. The lowest BCUT2D eigenvalue weighted by Gasteiger charge is -2.03. The molecule has 0 saturated carbocycles. The molecule has 5 nitrogen and oxygen atoms in total. The number of hydrogen-bond donors (Lipinski definition) is 1. The molecule has 0 aliphatic heterocycles. The predicted molar refractivity (Wildman–Crippen MR) is 66.4 cm³/mol. The van der Waals surface area contributed by atoms with Gasteiger partial charge in [0.2, 0.25) is 0 Å². The van der Waals surface area contributed by atoms with Gasteiger partial charge in [-0.25, -0.2) is 9.59 Å². The molecule has 0 unspecified atom stereocenters. The van der Waals surface area contributed by atoms with Crippen molar-refractivity contribution in [2.75, 3.05) is 12.4 Å². The number of nitrogens with one attached hydrogen (secondary N) is 1. The van der Waals surface area contributed by atoms with Crippen LogP contribution in [0.3, 0.4) is 0 Å². The molecule has 2 aromatic rings. The maximum Gasteiger partial charge on any atom is 0.411 e. The standard InChI is InChI=1S/C13H9NO4/c1-3-8-4-5-9-7-10(14-13(16)17-2)12(15)18-11(9)6-8/h1,4-7H,2H3,(H,14,16). The SMILES string of the molecule is C#Cc1ccc2cc(NC(=O)OC)c(=O)oc2c1. The molecule has 0 spiro atoms. The fourth-order valence-electron chi connectivity index (χ4n) is 1.45. The number of hydrogen-bond acceptors (Lipinski definition) is 4. The maximum atomic E-state index is 11.6. The van der Waals surface area contributed by atoms with Crippen LogP contribution in [0.1, 0.15) is 5.56 Å². The van der Waals surface area contributed by atoms with E-state index in [1.807, 2.05) is 0 Å². The Morgan fingerprint density at radius 1 is 1.44 bits per heavy atom. The van der Waals surface area contributed by atoms with Crippen molar-refractivity contribution >= 4 is 22.7 Å². The fraction of sp³-hybridized carbons (Fsp3) is 0.0769. The quantitative estimate of drug-likeness (QED) is 0.614. The van der Waals surface area contributed by atoms with Gasteiger partial charge in [0.15, 0.2) is 0 Å². The van der Waals surface area contributed by atoms with E-state index in [4.69, 9.17) is 10.8 Å². The van der Waals surface area contributed by atoms with Crippen LogP contribution in [0.15, 0.2) is 33.5 Å². The van der Waals surface area contributed by atoms with Crippen molar-refractivity contribution in [3.63, 3.8) is 0 Å². The van der Waals surface area contributed by atoms with E-state index in [1.54, 1.807) is 18.2 Å². The van der Waals surface area contributed by atoms with Crippen molar-refractivity contribution in [1.82, 2.24) is 0 Å². The van der Waals surface area contributed by atoms with Crippen molar-refractivity contribution < 1.29 is 13.9 Å². The molecule has 0 fully saturated rings. The second-order valence-corrected chi connectivity index (χ2v) is 3.46. The van der Waals surface area contributed by atoms with Gasteiger partial charge in [-0.15, -0.1) is 6.42 Å². The number of rotatable bonds is 1. The summed E-state index contributed by atoms with van der Waals surface area (Å²) >= 11 is 0. The molecule has 1 N–H and O–H groups in total. The summed E-state index contributed by atoms with van der Waals surface area (Å²) in [5, 5.41) is 2.93. The highest BCUT2D eigenvalue weighted by atomic mass is 16.5. The predicted octanol–water partition coefficient (Wildman–Crippen LogP) is 1.95. The maximum absolute atomic E-state index is 11.6. The van der Waals surface area contributed by atoms with Crippen LogP contribution < -0.4 is 10.9 Å². The summed E-state index contributed by atoms with van der Waals surface area (Å²) in [5.41, 5.74) is 0.329. The molecule has 1 aromatic carbocycles. The topological polar surface area (TPSA) is 68.5 Å². The van der Waals surface area contributed by atoms with Gasteiger partial charge in [-0.3, -0.25) is 5.32 Å². The zero-order valence-electron chi connectivity index (χ0n) is 9.52. The van der Waals surface area contributed by atoms with Crippen LogP contribution in [0.5, 0.6) is 0 Å². The first-order valence-corrected chi connectivity index (χ1v) is 5.03. The molecule has 1 amide bonds. The normalized spacial score (nSPS) is 9.78. The summed E-state index contributed by atoms with van der Waals surface area (Å²) in [7, 11) is 1.21. The van der Waals surface area contributed by atoms with Crippen LogP contribution in [0.25, 0.3) is 11.0 Å². The highest BCUT2D eigenvalue weighted by Crippen LogP contribution is 2.17. The van der Waals surface area contributed by atoms with E-state index in [-0.39, 0.29) is 5.69 Å². The average molecular weight is 243 g/mol. The van der Waals surface area contributed by atoms with Gasteiger partial charge in [0.25, 0.3) is 0 Å². The van der Waals surface area contributed by atoms with Gasteiger partial charge in [0, 0.05) is 10.9 Å². The highest BCUT2D eigenvalue weighted by molar-refractivity contribution is 5.88. The molecular weight excluding hydrogens is 234 g/mol. The van der Waals surface area contributed by atoms with E-state index in [9.17, 15) is 9.59 Å². The monoisotopic (exact) mass is 243 g/mol. The number of carbonyl (C=O) groups is 1. The van der Waals surface area contributed by atoms with Crippen LogP contribution in [0.4, 0.5) is 10.5 Å². The lowest BCUT2D eigenvalue weighted by molar-refractivity contribution is 0.187. The molecular formula is C13H9NO4. The molecule has 90 valence electrons. The molecule has 0 radical (unpaired) electrons. The fourth-order valence-corrected chi connectivity index (χ4v) is 1.45. The minimum atomic E-state index is -0.734. The Kier molecular flexibility index (Phi) is 3.02. The number of terminal acetylenes is 1. The molecule has 5 heteroatoms. The third kappa shape index (κ3) is 2.18. The van der Waals surface area contributed by atoms with Gasteiger partial charge in [0.1, 0.15) is 11.3 Å². The molecule has 0 bridgehead atoms. The Balaban J connectivity index is 2.53. The smallest absolute Gasteiger partial charge is 0.411 e. The van der Waals surface area contributed by atoms with Crippen LogP contribution in [0, 0.1) is 12.3 Å². The van der Waals surface area contributed by atoms with Crippen molar-refractivity contribution in [1.29, 1.82) is 0 Å². The summed E-state index contributed by atoms with van der Waals surface area (Å²) in [6, 6.07) is 6.50. The molecule has 0 aliphatic carbocycles. The van der Waals surface area contributed by atoms with Gasteiger partial charge in [0.05, 0.1) is 7.11 Å². The Hall–Kier alpha value is -2.74. The molecule has 0 atom stereocenters. The van der Waals surface area contributed by atoms with E-state index >= 15 is 0 Å². The Morgan fingerprint density at radius 3 is 2.89 bits per heavy atom. The van der Waals surface area contributed by atoms with Crippen molar-refractivity contribution in [3.8, 4) is 12.3 Å². The number of carbonyl (C=O) groups excluding carboxylic acids is 1. The molecule has 2 rings (SSSR count). The first kappa shape index (κ1) is 11.7. The third-order valence-corrected chi connectivity index (χ3v) is 2.32. The Morgan fingerprint density at radius 2 is 2.22 bits per heavy atom. The summed E-state index contributed by atoms with van der Waals surface area (Å²) in [6.45, 7) is 0. The Bertz CT molecular complexity index is 709. The van der Waals surface area contributed by atoms with Gasteiger partial charge >= 0.3 is 11.7 Å². The molecule has 18 heavy (non-hydrogen) atoms. The van der Waals surface area contributed by atoms with Crippen molar-refractivity contribution in [2.45, 2.75) is 0 Å². The van der Waals surface area contributed by atoms with Gasteiger partial charge in [-0.2, -0.15) is 0 Å². The summed E-state index contributed by atoms with van der Waals surface area (Å²) in [6.07, 6.45) is 4.52. The van der Waals surface area contributed by atoms with Gasteiger partial charge in [-0.05, 0) is 24.3 Å². The van der Waals surface area contributed by atoms with Gasteiger partial charge < -0.3 is 9.15 Å². The van der Waals surface area contributed by atoms with Crippen LogP contribution >= 0.6 is 0 Å². The summed E-state index contributed by atoms with van der Waals surface area (Å²) in [4.78, 5) is 22.6. The highest BCUT2D eigenvalue weighted by Gasteiger charge is 2.08. The van der Waals surface area contributed by atoms with E-state index < -0.39 is 11.7 Å². The summed E-state index contributed by atoms with van der Waals surface area (Å²) < 4.78 is 9.46. The minimum absolute atomic E-state index is 0.0165. The van der Waals surface area contributed by atoms with Crippen molar-refractivity contribution in [3.05, 3.63) is 40.2 Å². The number of ether oxygens (including phenoxy) is 1. The van der Waals surface area contributed by atoms with Crippen LogP contribution in [-0.2, 0) is 4.74 Å². The van der Waals surface area contributed by atoms with Crippen LogP contribution in [0.2, 0.25) is 0 Å². The van der Waals surface area contributed by atoms with E-state index in [2.05, 4.69) is 16.0 Å². The minimum Gasteiger partial charge on any atom is -0.453 e.